The quantitative estimate of drug-likeness (QED) is 0.726. The van der Waals surface area contributed by atoms with Crippen LogP contribution in [0.5, 0.6) is 11.5 Å². The third-order valence-electron chi connectivity index (χ3n) is 4.00. The summed E-state index contributed by atoms with van der Waals surface area (Å²) in [6, 6.07) is 20.2. The lowest BCUT2D eigenvalue weighted by Gasteiger charge is -2.12. The summed E-state index contributed by atoms with van der Waals surface area (Å²) < 4.78 is 11.8. The van der Waals surface area contributed by atoms with Crippen molar-refractivity contribution < 1.29 is 9.47 Å². The smallest absolute Gasteiger partial charge is 0.137 e. The lowest BCUT2D eigenvalue weighted by molar-refractivity contribution is 0.148. The second kappa shape index (κ2) is 6.13. The summed E-state index contributed by atoms with van der Waals surface area (Å²) >= 11 is 0. The standard InChI is InChI=1S/C20H17NO2/c1-2-6-20-16(4-1)12-19(23-20)14-22-18-9-7-15(8-10-18)17-5-3-11-21-13-17/h1-11,13,19H,12,14H2. The monoisotopic (exact) mass is 303 g/mol. The molecule has 114 valence electrons. The van der Waals surface area contributed by atoms with E-state index in [0.29, 0.717) is 6.61 Å². The number of ether oxygens (including phenoxy) is 2. The number of hydrogen-bond donors (Lipinski definition) is 0. The molecular weight excluding hydrogens is 286 g/mol. The minimum Gasteiger partial charge on any atom is -0.490 e. The van der Waals surface area contributed by atoms with Crippen LogP contribution in [0.4, 0.5) is 0 Å². The van der Waals surface area contributed by atoms with Crippen LogP contribution >= 0.6 is 0 Å². The zero-order valence-corrected chi connectivity index (χ0v) is 12.7. The Morgan fingerprint density at radius 2 is 1.83 bits per heavy atom. The fourth-order valence-electron chi connectivity index (χ4n) is 2.81. The van der Waals surface area contributed by atoms with Crippen molar-refractivity contribution >= 4 is 0 Å². The normalized spacial score (nSPS) is 15.7. The number of fused-ring (bicyclic) bond motifs is 1. The molecule has 0 radical (unpaired) electrons. The van der Waals surface area contributed by atoms with Gasteiger partial charge in [-0.2, -0.15) is 0 Å². The summed E-state index contributed by atoms with van der Waals surface area (Å²) in [4.78, 5) is 4.14. The van der Waals surface area contributed by atoms with Crippen LogP contribution in [0.15, 0.2) is 73.1 Å². The van der Waals surface area contributed by atoms with Gasteiger partial charge < -0.3 is 9.47 Å². The number of rotatable bonds is 4. The maximum absolute atomic E-state index is 5.89. The van der Waals surface area contributed by atoms with E-state index >= 15 is 0 Å². The van der Waals surface area contributed by atoms with Gasteiger partial charge in [0.05, 0.1) is 0 Å². The number of benzene rings is 2. The molecule has 2 aromatic carbocycles. The highest BCUT2D eigenvalue weighted by atomic mass is 16.5. The summed E-state index contributed by atoms with van der Waals surface area (Å²) in [5.74, 6) is 1.84. The predicted molar refractivity (Wildman–Crippen MR) is 89.7 cm³/mol. The molecule has 1 atom stereocenters. The molecule has 0 amide bonds. The SMILES string of the molecule is c1cncc(-c2ccc(OCC3Cc4ccccc4O3)cc2)c1. The van der Waals surface area contributed by atoms with E-state index < -0.39 is 0 Å². The summed E-state index contributed by atoms with van der Waals surface area (Å²) in [7, 11) is 0. The van der Waals surface area contributed by atoms with Gasteiger partial charge in [-0.05, 0) is 41.0 Å². The Balaban J connectivity index is 1.37. The third-order valence-corrected chi connectivity index (χ3v) is 4.00. The molecule has 0 fully saturated rings. The van der Waals surface area contributed by atoms with Crippen molar-refractivity contribution in [2.75, 3.05) is 6.61 Å². The molecule has 0 aliphatic carbocycles. The molecule has 23 heavy (non-hydrogen) atoms. The van der Waals surface area contributed by atoms with Crippen LogP contribution in [0.1, 0.15) is 5.56 Å². The predicted octanol–water partition coefficient (Wildman–Crippen LogP) is 4.13. The van der Waals surface area contributed by atoms with Gasteiger partial charge >= 0.3 is 0 Å². The zero-order valence-electron chi connectivity index (χ0n) is 12.7. The van der Waals surface area contributed by atoms with E-state index in [9.17, 15) is 0 Å². The van der Waals surface area contributed by atoms with Gasteiger partial charge in [0.1, 0.15) is 24.2 Å². The van der Waals surface area contributed by atoms with E-state index in [2.05, 4.69) is 23.2 Å². The fourth-order valence-corrected chi connectivity index (χ4v) is 2.81. The molecule has 1 aliphatic heterocycles. The van der Waals surface area contributed by atoms with E-state index in [1.807, 2.05) is 48.7 Å². The van der Waals surface area contributed by atoms with Crippen LogP contribution < -0.4 is 9.47 Å². The average molecular weight is 303 g/mol. The minimum absolute atomic E-state index is 0.0883. The van der Waals surface area contributed by atoms with Crippen molar-refractivity contribution in [2.24, 2.45) is 0 Å². The van der Waals surface area contributed by atoms with Crippen LogP contribution in [-0.2, 0) is 6.42 Å². The average Bonchev–Trinajstić information content (AvgIpc) is 3.04. The van der Waals surface area contributed by atoms with Gasteiger partial charge in [-0.25, -0.2) is 0 Å². The van der Waals surface area contributed by atoms with Crippen LogP contribution in [0, 0.1) is 0 Å². The van der Waals surface area contributed by atoms with Gasteiger partial charge in [0.25, 0.3) is 0 Å². The summed E-state index contributed by atoms with van der Waals surface area (Å²) in [5, 5.41) is 0. The van der Waals surface area contributed by atoms with Crippen molar-refractivity contribution in [2.45, 2.75) is 12.5 Å². The van der Waals surface area contributed by atoms with E-state index in [4.69, 9.17) is 9.47 Å². The highest BCUT2D eigenvalue weighted by Crippen LogP contribution is 2.28. The maximum Gasteiger partial charge on any atom is 0.137 e. The lowest BCUT2D eigenvalue weighted by atomic mass is 10.1. The molecule has 3 aromatic rings. The molecule has 1 unspecified atom stereocenters. The molecule has 0 bridgehead atoms. The van der Waals surface area contributed by atoms with Crippen molar-refractivity contribution in [3.8, 4) is 22.6 Å². The Hall–Kier alpha value is -2.81. The van der Waals surface area contributed by atoms with Gasteiger partial charge in [0, 0.05) is 18.8 Å². The number of pyridine rings is 1. The minimum atomic E-state index is 0.0883. The van der Waals surface area contributed by atoms with Crippen LogP contribution in [0.2, 0.25) is 0 Å². The number of aromatic nitrogens is 1. The van der Waals surface area contributed by atoms with Crippen LogP contribution in [0.25, 0.3) is 11.1 Å². The first kappa shape index (κ1) is 13.8. The lowest BCUT2D eigenvalue weighted by Crippen LogP contribution is -2.22. The summed E-state index contributed by atoms with van der Waals surface area (Å²) in [6.45, 7) is 0.556. The molecule has 0 saturated heterocycles. The molecule has 0 spiro atoms. The van der Waals surface area contributed by atoms with Crippen molar-refractivity contribution in [1.82, 2.24) is 4.98 Å². The van der Waals surface area contributed by atoms with E-state index in [1.165, 1.54) is 5.56 Å². The first-order valence-electron chi connectivity index (χ1n) is 7.76. The first-order valence-corrected chi connectivity index (χ1v) is 7.76. The Morgan fingerprint density at radius 3 is 2.61 bits per heavy atom. The highest BCUT2D eigenvalue weighted by Gasteiger charge is 2.22. The van der Waals surface area contributed by atoms with Gasteiger partial charge in [0.2, 0.25) is 0 Å². The van der Waals surface area contributed by atoms with Gasteiger partial charge in [-0.3, -0.25) is 4.98 Å². The van der Waals surface area contributed by atoms with Gasteiger partial charge in [-0.1, -0.05) is 36.4 Å². The van der Waals surface area contributed by atoms with E-state index in [1.54, 1.807) is 6.20 Å². The second-order valence-electron chi connectivity index (χ2n) is 5.63. The largest absolute Gasteiger partial charge is 0.490 e. The third kappa shape index (κ3) is 3.04. The molecule has 4 rings (SSSR count). The highest BCUT2D eigenvalue weighted by molar-refractivity contribution is 5.62. The first-order chi connectivity index (χ1) is 11.4. The second-order valence-corrected chi connectivity index (χ2v) is 5.63. The summed E-state index contributed by atoms with van der Waals surface area (Å²) in [5.41, 5.74) is 3.50. The molecule has 0 saturated carbocycles. The maximum atomic E-state index is 5.89. The Labute approximate surface area is 135 Å². The Morgan fingerprint density at radius 1 is 0.957 bits per heavy atom. The molecule has 3 nitrogen and oxygen atoms in total. The Kier molecular flexibility index (Phi) is 3.68. The van der Waals surface area contributed by atoms with E-state index in [0.717, 1.165) is 29.0 Å². The van der Waals surface area contributed by atoms with Gasteiger partial charge in [0.15, 0.2) is 0 Å². The number of nitrogens with zero attached hydrogens (tertiary/aromatic N) is 1. The topological polar surface area (TPSA) is 31.4 Å². The zero-order chi connectivity index (χ0) is 15.5. The van der Waals surface area contributed by atoms with Crippen molar-refractivity contribution in [1.29, 1.82) is 0 Å². The molecule has 0 N–H and O–H groups in total. The molecule has 3 heteroatoms. The van der Waals surface area contributed by atoms with Crippen LogP contribution in [0.3, 0.4) is 0 Å². The molecule has 1 aromatic heterocycles. The molecule has 2 heterocycles. The Bertz CT molecular complexity index is 759. The van der Waals surface area contributed by atoms with Crippen molar-refractivity contribution in [3.63, 3.8) is 0 Å². The van der Waals surface area contributed by atoms with Gasteiger partial charge in [-0.15, -0.1) is 0 Å². The van der Waals surface area contributed by atoms with Crippen LogP contribution in [-0.4, -0.2) is 17.7 Å². The fraction of sp³-hybridized carbons (Fsp3) is 0.150. The molecular formula is C20H17NO2. The number of hydrogen-bond acceptors (Lipinski definition) is 3. The van der Waals surface area contributed by atoms with Crippen molar-refractivity contribution in [3.05, 3.63) is 78.6 Å². The number of para-hydroxylation sites is 1. The molecule has 1 aliphatic rings. The van der Waals surface area contributed by atoms with E-state index in [-0.39, 0.29) is 6.10 Å². The summed E-state index contributed by atoms with van der Waals surface area (Å²) in [6.07, 6.45) is 4.63.